The van der Waals surface area contributed by atoms with Crippen LogP contribution in [0.3, 0.4) is 0 Å². The van der Waals surface area contributed by atoms with Gasteiger partial charge in [-0.2, -0.15) is 0 Å². The van der Waals surface area contributed by atoms with E-state index in [1.165, 1.54) is 12.4 Å². The zero-order valence-electron chi connectivity index (χ0n) is 13.9. The molecule has 3 heterocycles. The Kier molecular flexibility index (Phi) is 3.94. The van der Waals surface area contributed by atoms with Crippen molar-refractivity contribution >= 4 is 22.9 Å². The Balaban J connectivity index is 1.37. The number of fused-ring (bicyclic) bond motifs is 1. The second-order valence-electron chi connectivity index (χ2n) is 6.14. The maximum absolute atomic E-state index is 13.6. The molecule has 0 atom stereocenters. The molecule has 26 heavy (non-hydrogen) atoms. The fraction of sp³-hybridized carbons (Fsp3) is 0.312. The Morgan fingerprint density at radius 2 is 2.12 bits per heavy atom. The number of nitrogens with zero attached hydrogens (tertiary/aromatic N) is 6. The molecule has 1 amide bonds. The third-order valence-corrected chi connectivity index (χ3v) is 4.39. The number of aromatic nitrogens is 5. The molecule has 2 aromatic heterocycles. The molecule has 134 valence electrons. The fourth-order valence-electron chi connectivity index (χ4n) is 2.88. The third-order valence-electron chi connectivity index (χ3n) is 4.39. The van der Waals surface area contributed by atoms with Crippen LogP contribution in [0.5, 0.6) is 0 Å². The number of benzene rings is 1. The number of anilines is 1. The van der Waals surface area contributed by atoms with Crippen LogP contribution in [0, 0.1) is 17.6 Å². The Morgan fingerprint density at radius 3 is 2.88 bits per heavy atom. The van der Waals surface area contributed by atoms with E-state index in [9.17, 15) is 13.6 Å². The number of nitrogens with one attached hydrogen (secondary N) is 1. The molecule has 0 bridgehead atoms. The lowest BCUT2D eigenvalue weighted by atomic mass is 9.99. The summed E-state index contributed by atoms with van der Waals surface area (Å²) >= 11 is 0. The van der Waals surface area contributed by atoms with E-state index in [2.05, 4.69) is 25.6 Å². The Hall–Kier alpha value is -3.17. The zero-order valence-corrected chi connectivity index (χ0v) is 13.9. The van der Waals surface area contributed by atoms with Crippen molar-refractivity contribution in [1.29, 1.82) is 0 Å². The number of amides is 1. The smallest absolute Gasteiger partial charge is 0.226 e. The van der Waals surface area contributed by atoms with Crippen LogP contribution in [0.2, 0.25) is 0 Å². The van der Waals surface area contributed by atoms with Crippen LogP contribution >= 0.6 is 0 Å². The standard InChI is InChI=1S/C16H15F2N7O/c1-24-14-13(22-23-24)15(21-8-20-14)25-6-10(7-25)16(26)19-5-9-2-3-11(17)4-12(9)18/h2-4,8,10H,5-7H2,1H3,(H,19,26). The molecule has 1 N–H and O–H groups in total. The van der Waals surface area contributed by atoms with Gasteiger partial charge in [-0.25, -0.2) is 23.4 Å². The van der Waals surface area contributed by atoms with E-state index in [4.69, 9.17) is 0 Å². The topological polar surface area (TPSA) is 88.8 Å². The van der Waals surface area contributed by atoms with Gasteiger partial charge in [0.05, 0.1) is 5.92 Å². The van der Waals surface area contributed by atoms with Gasteiger partial charge in [0.2, 0.25) is 5.91 Å². The second kappa shape index (κ2) is 6.28. The average molecular weight is 359 g/mol. The number of hydrogen-bond acceptors (Lipinski definition) is 6. The first-order valence-corrected chi connectivity index (χ1v) is 8.00. The molecule has 0 aliphatic carbocycles. The SMILES string of the molecule is Cn1nnc2c(N3CC(C(=O)NCc4ccc(F)cc4F)C3)ncnc21. The molecule has 0 radical (unpaired) electrons. The molecule has 3 aromatic rings. The van der Waals surface area contributed by atoms with Gasteiger partial charge in [0.25, 0.3) is 0 Å². The van der Waals surface area contributed by atoms with Gasteiger partial charge in [-0.1, -0.05) is 11.3 Å². The first-order chi connectivity index (χ1) is 12.5. The minimum atomic E-state index is -0.674. The third kappa shape index (κ3) is 2.83. The van der Waals surface area contributed by atoms with E-state index < -0.39 is 11.6 Å². The van der Waals surface area contributed by atoms with Gasteiger partial charge in [-0.3, -0.25) is 4.79 Å². The van der Waals surface area contributed by atoms with Gasteiger partial charge in [0.15, 0.2) is 17.0 Å². The zero-order chi connectivity index (χ0) is 18.3. The highest BCUT2D eigenvalue weighted by Gasteiger charge is 2.35. The van der Waals surface area contributed by atoms with Gasteiger partial charge < -0.3 is 10.2 Å². The normalized spacial score (nSPS) is 14.5. The van der Waals surface area contributed by atoms with E-state index in [1.807, 2.05) is 4.90 Å². The monoisotopic (exact) mass is 359 g/mol. The molecule has 10 heteroatoms. The summed E-state index contributed by atoms with van der Waals surface area (Å²) in [4.78, 5) is 22.5. The van der Waals surface area contributed by atoms with Crippen molar-refractivity contribution in [1.82, 2.24) is 30.3 Å². The number of carbonyl (C=O) groups excluding carboxylic acids is 1. The summed E-state index contributed by atoms with van der Waals surface area (Å²) < 4.78 is 28.1. The molecule has 1 aromatic carbocycles. The highest BCUT2D eigenvalue weighted by molar-refractivity contribution is 5.86. The van der Waals surface area contributed by atoms with Crippen molar-refractivity contribution in [3.05, 3.63) is 41.7 Å². The molecule has 1 saturated heterocycles. The first kappa shape index (κ1) is 16.3. The predicted octanol–water partition coefficient (Wildman–Crippen LogP) is 0.789. The summed E-state index contributed by atoms with van der Waals surface area (Å²) in [6.07, 6.45) is 1.44. The Morgan fingerprint density at radius 1 is 1.31 bits per heavy atom. The van der Waals surface area contributed by atoms with Crippen LogP contribution in [0.25, 0.3) is 11.2 Å². The van der Waals surface area contributed by atoms with E-state index >= 15 is 0 Å². The highest BCUT2D eigenvalue weighted by Crippen LogP contribution is 2.27. The molecular formula is C16H15F2N7O. The Labute approximate surface area is 146 Å². The lowest BCUT2D eigenvalue weighted by Crippen LogP contribution is -2.54. The number of hydrogen-bond donors (Lipinski definition) is 1. The summed E-state index contributed by atoms with van der Waals surface area (Å²) in [6, 6.07) is 3.29. The van der Waals surface area contributed by atoms with Crippen molar-refractivity contribution in [2.24, 2.45) is 13.0 Å². The van der Waals surface area contributed by atoms with E-state index in [0.29, 0.717) is 30.1 Å². The van der Waals surface area contributed by atoms with Crippen LogP contribution in [0.1, 0.15) is 5.56 Å². The molecule has 1 aliphatic rings. The highest BCUT2D eigenvalue weighted by atomic mass is 19.1. The minimum absolute atomic E-state index is 0.0172. The van der Waals surface area contributed by atoms with Crippen molar-refractivity contribution in [2.75, 3.05) is 18.0 Å². The maximum Gasteiger partial charge on any atom is 0.226 e. The molecule has 0 spiro atoms. The molecule has 1 fully saturated rings. The van der Waals surface area contributed by atoms with Gasteiger partial charge in [0.1, 0.15) is 18.0 Å². The van der Waals surface area contributed by atoms with E-state index in [0.717, 1.165) is 12.1 Å². The second-order valence-corrected chi connectivity index (χ2v) is 6.14. The largest absolute Gasteiger partial charge is 0.353 e. The molecule has 0 saturated carbocycles. The van der Waals surface area contributed by atoms with Gasteiger partial charge >= 0.3 is 0 Å². The van der Waals surface area contributed by atoms with Gasteiger partial charge in [-0.15, -0.1) is 5.10 Å². The minimum Gasteiger partial charge on any atom is -0.353 e. The summed E-state index contributed by atoms with van der Waals surface area (Å²) in [5.41, 5.74) is 1.45. The van der Waals surface area contributed by atoms with Crippen molar-refractivity contribution < 1.29 is 13.6 Å². The lowest BCUT2D eigenvalue weighted by Gasteiger charge is -2.38. The average Bonchev–Trinajstić information content (AvgIpc) is 2.95. The maximum atomic E-state index is 13.6. The van der Waals surface area contributed by atoms with Crippen molar-refractivity contribution in [2.45, 2.75) is 6.54 Å². The molecule has 4 rings (SSSR count). The van der Waals surface area contributed by atoms with Crippen LogP contribution < -0.4 is 10.2 Å². The van der Waals surface area contributed by atoms with Crippen LogP contribution in [0.15, 0.2) is 24.5 Å². The van der Waals surface area contributed by atoms with Crippen LogP contribution in [-0.4, -0.2) is 44.0 Å². The number of aryl methyl sites for hydroxylation is 1. The van der Waals surface area contributed by atoms with Crippen LogP contribution in [0.4, 0.5) is 14.6 Å². The van der Waals surface area contributed by atoms with Gasteiger partial charge in [0, 0.05) is 38.3 Å². The lowest BCUT2D eigenvalue weighted by molar-refractivity contribution is -0.125. The fourth-order valence-corrected chi connectivity index (χ4v) is 2.88. The quantitative estimate of drug-likeness (QED) is 0.741. The summed E-state index contributed by atoms with van der Waals surface area (Å²) in [7, 11) is 1.74. The summed E-state index contributed by atoms with van der Waals surface area (Å²) in [5, 5.41) is 10.7. The first-order valence-electron chi connectivity index (χ1n) is 8.00. The van der Waals surface area contributed by atoms with Gasteiger partial charge in [-0.05, 0) is 6.07 Å². The van der Waals surface area contributed by atoms with E-state index in [1.54, 1.807) is 11.7 Å². The number of carbonyl (C=O) groups is 1. The summed E-state index contributed by atoms with van der Waals surface area (Å²) in [6.45, 7) is 0.963. The molecule has 1 aliphatic heterocycles. The number of rotatable bonds is 4. The predicted molar refractivity (Wildman–Crippen MR) is 88.0 cm³/mol. The molecular weight excluding hydrogens is 344 g/mol. The molecule has 0 unspecified atom stereocenters. The van der Waals surface area contributed by atoms with E-state index in [-0.39, 0.29) is 23.9 Å². The Bertz CT molecular complexity index is 984. The number of halogens is 2. The van der Waals surface area contributed by atoms with Crippen molar-refractivity contribution in [3.63, 3.8) is 0 Å². The molecule has 8 nitrogen and oxygen atoms in total. The summed E-state index contributed by atoms with van der Waals surface area (Å²) in [5.74, 6) is -1.11. The van der Waals surface area contributed by atoms with Crippen molar-refractivity contribution in [3.8, 4) is 0 Å². The van der Waals surface area contributed by atoms with Crippen LogP contribution in [-0.2, 0) is 18.4 Å².